The molecular weight excluding hydrogens is 1110 g/mol. The van der Waals surface area contributed by atoms with Crippen molar-refractivity contribution in [1.82, 2.24) is 5.32 Å². The van der Waals surface area contributed by atoms with Crippen LogP contribution in [-0.2, 0) is 28.6 Å². The minimum absolute atomic E-state index is 0.0168. The number of hydrogen-bond acceptors (Lipinski definition) is 20. The van der Waals surface area contributed by atoms with Gasteiger partial charge in [-0.25, -0.2) is 0 Å². The van der Waals surface area contributed by atoms with Crippen molar-refractivity contribution >= 4 is 23.9 Å². The summed E-state index contributed by atoms with van der Waals surface area (Å²) in [5, 5.41) is 158. The molecule has 0 radical (unpaired) electrons. The Morgan fingerprint density at radius 3 is 2.02 bits per heavy atom. The first kappa shape index (κ1) is 77.2. The maximum Gasteiger partial charge on any atom is 0.317 e. The number of carbonyl (C=O) groups is 3. The summed E-state index contributed by atoms with van der Waals surface area (Å²) in [6.45, 7) is 16.1. The number of hydrogen-bond donors (Lipinski definition) is 16. The highest BCUT2D eigenvalue weighted by molar-refractivity contribution is 5.90. The Bertz CT molecular complexity index is 2130. The third-order valence-electron chi connectivity index (χ3n) is 17.3. The fraction of sp³-hybridized carbons (Fsp3) is 0.806. The van der Waals surface area contributed by atoms with Crippen molar-refractivity contribution in [2.75, 3.05) is 13.6 Å². The quantitative estimate of drug-likeness (QED) is 0.0333. The van der Waals surface area contributed by atoms with Crippen molar-refractivity contribution < 1.29 is 100 Å². The molecule has 1 unspecified atom stereocenters. The zero-order valence-corrected chi connectivity index (χ0v) is 51.9. The van der Waals surface area contributed by atoms with E-state index >= 15 is 0 Å². The largest absolute Gasteiger partial charge is 0.481 e. The number of carboxylic acids is 1. The third-order valence-corrected chi connectivity index (χ3v) is 17.3. The highest BCUT2D eigenvalue weighted by Gasteiger charge is 2.50. The lowest BCUT2D eigenvalue weighted by molar-refractivity contribution is -0.333. The number of aliphatic hydroxyl groups is 13. The summed E-state index contributed by atoms with van der Waals surface area (Å²) >= 11 is 0. The standard InChI is InChI=1S/C62H109N3O20/c1-34(17-13-11-12-16-24-65-61(63)64-10)25-38(5)58-37(4)18-14-15-19-47(68)39(6)50(71)28-44(67)26-43(66)27-45(83-56(78)32-55(76)77)29-46-30-53(74)59(80)62(82,85-46)33-54(75)35(2)20-22-48(69)40(7)51(72)31-52(73)41(8)49(70)23-21-36(3)57(79)42(9)60(81)84-58/h14-15,17-19,21,35,37-54,57-59,66-75,79-80,82H,11-13,16,20,22-33H2,1-10H3,(H,76,77)(H3,63,64,65)/b18-14+,19-15+,34-17+,36-21+/t35-,37+,38-,39-,40+,41-,42+,43+,44+,45-,46-,47+,48+,49+,50-,51+,52?,53+,54-,57+,58+,59-,62-/m0/s1. The van der Waals surface area contributed by atoms with Gasteiger partial charge in [-0.1, -0.05) is 90.0 Å². The molecule has 0 spiro atoms. The van der Waals surface area contributed by atoms with Crippen LogP contribution in [0.1, 0.15) is 165 Å². The van der Waals surface area contributed by atoms with Gasteiger partial charge in [-0.2, -0.15) is 0 Å². The van der Waals surface area contributed by atoms with Gasteiger partial charge >= 0.3 is 17.9 Å². The Kier molecular flexibility index (Phi) is 34.9. The molecule has 0 aromatic rings. The number of nitrogens with two attached hydrogens (primary N) is 1. The number of nitrogens with one attached hydrogen (secondary N) is 1. The number of allylic oxidation sites excluding steroid dienone is 4. The zero-order valence-electron chi connectivity index (χ0n) is 51.9. The number of guanidine groups is 1. The lowest BCUT2D eigenvalue weighted by atomic mass is 9.83. The summed E-state index contributed by atoms with van der Waals surface area (Å²) in [6, 6.07) is 0. The number of unbranched alkanes of at least 4 members (excludes halogenated alkanes) is 3. The van der Waals surface area contributed by atoms with Crippen LogP contribution in [-0.4, -0.2) is 206 Å². The lowest BCUT2D eigenvalue weighted by Crippen LogP contribution is -2.60. The molecule has 23 nitrogen and oxygen atoms in total. The smallest absolute Gasteiger partial charge is 0.317 e. The highest BCUT2D eigenvalue weighted by Crippen LogP contribution is 2.37. The Morgan fingerprint density at radius 1 is 0.776 bits per heavy atom. The molecule has 23 atom stereocenters. The molecule has 0 aliphatic carbocycles. The van der Waals surface area contributed by atoms with E-state index in [1.54, 1.807) is 72.9 Å². The van der Waals surface area contributed by atoms with Gasteiger partial charge in [0.1, 0.15) is 24.7 Å². The van der Waals surface area contributed by atoms with Crippen molar-refractivity contribution in [3.8, 4) is 0 Å². The average molecular weight is 1220 g/mol. The van der Waals surface area contributed by atoms with Gasteiger partial charge in [-0.3, -0.25) is 19.4 Å². The van der Waals surface area contributed by atoms with Gasteiger partial charge in [0.25, 0.3) is 0 Å². The van der Waals surface area contributed by atoms with E-state index in [0.717, 1.165) is 31.3 Å². The van der Waals surface area contributed by atoms with Crippen LogP contribution >= 0.6 is 0 Å². The topological polar surface area (TPSA) is 413 Å². The highest BCUT2D eigenvalue weighted by atomic mass is 16.7. The molecule has 17 N–H and O–H groups in total. The summed E-state index contributed by atoms with van der Waals surface area (Å²) < 4.78 is 17.5. The molecule has 2 rings (SSSR count). The first-order chi connectivity index (χ1) is 39.7. The molecule has 0 saturated carbocycles. The summed E-state index contributed by atoms with van der Waals surface area (Å²) in [4.78, 5) is 41.9. The number of nitrogens with zero attached hydrogens (tertiary/aromatic N) is 1. The zero-order chi connectivity index (χ0) is 64.5. The summed E-state index contributed by atoms with van der Waals surface area (Å²) in [6.07, 6.45) is -8.56. The normalized spacial score (nSPS) is 39.8. The molecule has 1 saturated heterocycles. The maximum atomic E-state index is 13.9. The Morgan fingerprint density at radius 2 is 1.39 bits per heavy atom. The van der Waals surface area contributed by atoms with Crippen molar-refractivity contribution in [2.24, 2.45) is 52.2 Å². The fourth-order valence-electron chi connectivity index (χ4n) is 11.0. The van der Waals surface area contributed by atoms with E-state index in [0.29, 0.717) is 24.5 Å². The van der Waals surface area contributed by atoms with Crippen LogP contribution in [0.2, 0.25) is 0 Å². The van der Waals surface area contributed by atoms with Gasteiger partial charge in [0.05, 0.1) is 79.2 Å². The van der Waals surface area contributed by atoms with Crippen molar-refractivity contribution in [3.63, 3.8) is 0 Å². The van der Waals surface area contributed by atoms with Crippen molar-refractivity contribution in [1.29, 1.82) is 0 Å². The number of aliphatic imine (C=N–C) groups is 1. The molecule has 23 heteroatoms. The van der Waals surface area contributed by atoms with Crippen molar-refractivity contribution in [2.45, 2.75) is 262 Å². The molecular formula is C62H109N3O20. The van der Waals surface area contributed by atoms with E-state index in [-0.39, 0.29) is 63.2 Å². The van der Waals surface area contributed by atoms with E-state index in [1.807, 2.05) is 20.8 Å². The molecule has 2 aliphatic heterocycles. The van der Waals surface area contributed by atoms with Crippen LogP contribution in [0.4, 0.5) is 0 Å². The second-order valence-electron chi connectivity index (χ2n) is 24.8. The van der Waals surface area contributed by atoms with Gasteiger partial charge in [0.2, 0.25) is 0 Å². The second kappa shape index (κ2) is 38.5. The number of aliphatic carboxylic acids is 1. The molecule has 2 bridgehead atoms. The second-order valence-corrected chi connectivity index (χ2v) is 24.8. The van der Waals surface area contributed by atoms with Crippen LogP contribution < -0.4 is 11.1 Å². The summed E-state index contributed by atoms with van der Waals surface area (Å²) in [5.41, 5.74) is 7.20. The van der Waals surface area contributed by atoms with Crippen LogP contribution in [0.5, 0.6) is 0 Å². The number of aliphatic hydroxyl groups excluding tert-OH is 12. The Balaban J connectivity index is 2.49. The van der Waals surface area contributed by atoms with Crippen molar-refractivity contribution in [3.05, 3.63) is 47.6 Å². The number of esters is 2. The number of carbonyl (C=O) groups excluding carboxylic acids is 2. The van der Waals surface area contributed by atoms with E-state index in [4.69, 9.17) is 19.9 Å². The molecule has 1 fully saturated rings. The van der Waals surface area contributed by atoms with Crippen LogP contribution in [0.15, 0.2) is 52.6 Å². The third kappa shape index (κ3) is 27.6. The molecule has 85 heavy (non-hydrogen) atoms. The maximum absolute atomic E-state index is 13.9. The molecule has 0 aromatic heterocycles. The fourth-order valence-corrected chi connectivity index (χ4v) is 11.0. The molecule has 2 aliphatic rings. The summed E-state index contributed by atoms with van der Waals surface area (Å²) in [7, 11) is 1.62. The minimum Gasteiger partial charge on any atom is -0.481 e. The Labute approximate surface area is 503 Å². The lowest BCUT2D eigenvalue weighted by Gasteiger charge is -2.45. The average Bonchev–Trinajstić information content (AvgIpc) is 1.73. The SMILES string of the molecule is CN=C(N)NCCCCC/C=C(\C)C[C@H](C)[C@@H]1OC(=O)[C@H](C)[C@H](O)/C(C)=C/C[C@@H](O)[C@H](C)C(O)C[C@@H](O)[C@H](C)[C@H](O)CC[C@H](C)[C@@H](O)C[C@]2(O)O[C@@H](C[C@@H](OC(=O)CC(=O)O)C[C@H](O)C[C@@H](O)C[C@H](O)[C@@H](C)[C@H](O)/C=C/C=C/[C@H]1C)C[C@@H](O)[C@@H]2O. The number of rotatable bonds is 12. The van der Waals surface area contributed by atoms with Gasteiger partial charge in [0.15, 0.2) is 11.7 Å². The predicted molar refractivity (Wildman–Crippen MR) is 319 cm³/mol. The Hall–Kier alpha value is -3.92. The number of carboxylic acid groups (broad SMARTS) is 1. The van der Waals surface area contributed by atoms with Crippen LogP contribution in [0.25, 0.3) is 0 Å². The minimum atomic E-state index is -2.57. The number of ether oxygens (including phenoxy) is 3. The molecule has 0 amide bonds. The van der Waals surface area contributed by atoms with Crippen LogP contribution in [0.3, 0.4) is 0 Å². The predicted octanol–water partition coefficient (Wildman–Crippen LogP) is 2.56. The first-order valence-electron chi connectivity index (χ1n) is 30.5. The van der Waals surface area contributed by atoms with Gasteiger partial charge in [0, 0.05) is 62.9 Å². The molecule has 2 heterocycles. The number of fused-ring (bicyclic) bond motifs is 2. The van der Waals surface area contributed by atoms with E-state index in [1.165, 1.54) is 6.08 Å². The van der Waals surface area contributed by atoms with Gasteiger partial charge < -0.3 is 96.8 Å². The van der Waals surface area contributed by atoms with E-state index in [2.05, 4.69) is 16.4 Å². The van der Waals surface area contributed by atoms with Gasteiger partial charge in [-0.05, 0) is 102 Å². The first-order valence-corrected chi connectivity index (χ1v) is 30.5. The van der Waals surface area contributed by atoms with E-state index in [9.17, 15) is 85.9 Å². The van der Waals surface area contributed by atoms with Crippen LogP contribution in [0, 0.1) is 41.4 Å². The molecule has 492 valence electrons. The van der Waals surface area contributed by atoms with E-state index < -0.39 is 164 Å². The number of cyclic esters (lactones) is 1. The summed E-state index contributed by atoms with van der Waals surface area (Å²) in [5.74, 6) is -10.3. The van der Waals surface area contributed by atoms with Gasteiger partial charge in [-0.15, -0.1) is 0 Å². The monoisotopic (exact) mass is 1220 g/mol. The molecule has 0 aromatic carbocycles.